The number of esters is 1. The molecule has 0 aliphatic carbocycles. The minimum atomic E-state index is -1.22. The van der Waals surface area contributed by atoms with Crippen molar-refractivity contribution in [1.29, 1.82) is 0 Å². The van der Waals surface area contributed by atoms with E-state index in [1.54, 1.807) is 40.0 Å². The van der Waals surface area contributed by atoms with Crippen molar-refractivity contribution < 1.29 is 14.3 Å². The predicted octanol–water partition coefficient (Wildman–Crippen LogP) is 4.57. The first-order valence-electron chi connectivity index (χ1n) is 9.70. The number of carbonyl (C=O) groups excluding carboxylic acids is 1. The van der Waals surface area contributed by atoms with Gasteiger partial charge in [0.05, 0.1) is 18.6 Å². The van der Waals surface area contributed by atoms with Gasteiger partial charge in [0, 0.05) is 29.0 Å². The summed E-state index contributed by atoms with van der Waals surface area (Å²) < 4.78 is 11.9. The molecule has 0 aliphatic rings. The van der Waals surface area contributed by atoms with Gasteiger partial charge in [0.25, 0.3) is 5.56 Å². The molecule has 2 heterocycles. The van der Waals surface area contributed by atoms with Crippen molar-refractivity contribution in [3.8, 4) is 11.1 Å². The van der Waals surface area contributed by atoms with Crippen LogP contribution in [0.1, 0.15) is 31.5 Å². The highest BCUT2D eigenvalue weighted by atomic mass is 35.5. The van der Waals surface area contributed by atoms with Gasteiger partial charge in [-0.2, -0.15) is 0 Å². The van der Waals surface area contributed by atoms with Crippen LogP contribution < -0.4 is 5.56 Å². The fraction of sp³-hybridized carbons (Fsp3) is 0.409. The van der Waals surface area contributed by atoms with E-state index in [1.165, 1.54) is 15.9 Å². The van der Waals surface area contributed by atoms with Gasteiger partial charge in [0.2, 0.25) is 0 Å². The SMILES string of the molecule is CCOC(=O)C(C)(C)n1c(CCOC)nc2sc(C)c(-c3ccc(Cl)cc3)c2c1=O. The number of aromatic nitrogens is 2. The molecule has 30 heavy (non-hydrogen) atoms. The molecular formula is C22H25ClN2O4S. The van der Waals surface area contributed by atoms with Gasteiger partial charge < -0.3 is 9.47 Å². The van der Waals surface area contributed by atoms with Gasteiger partial charge in [-0.25, -0.2) is 9.78 Å². The number of ether oxygens (including phenoxy) is 2. The summed E-state index contributed by atoms with van der Waals surface area (Å²) in [5, 5.41) is 1.12. The Kier molecular flexibility index (Phi) is 6.65. The van der Waals surface area contributed by atoms with Crippen LogP contribution >= 0.6 is 22.9 Å². The number of thiophene rings is 1. The molecule has 2 aromatic heterocycles. The van der Waals surface area contributed by atoms with Gasteiger partial charge in [-0.3, -0.25) is 9.36 Å². The molecule has 0 N–H and O–H groups in total. The average molecular weight is 449 g/mol. The number of halogens is 1. The molecule has 6 nitrogen and oxygen atoms in total. The molecule has 0 fully saturated rings. The topological polar surface area (TPSA) is 70.4 Å². The summed E-state index contributed by atoms with van der Waals surface area (Å²) in [7, 11) is 1.59. The summed E-state index contributed by atoms with van der Waals surface area (Å²) >= 11 is 7.51. The molecule has 3 aromatic rings. The van der Waals surface area contributed by atoms with Crippen molar-refractivity contribution in [2.75, 3.05) is 20.3 Å². The molecule has 0 spiro atoms. The smallest absolute Gasteiger partial charge is 0.331 e. The summed E-state index contributed by atoms with van der Waals surface area (Å²) in [6.07, 6.45) is 0.401. The van der Waals surface area contributed by atoms with Crippen LogP contribution in [-0.2, 0) is 26.2 Å². The van der Waals surface area contributed by atoms with E-state index in [9.17, 15) is 9.59 Å². The van der Waals surface area contributed by atoms with Crippen molar-refractivity contribution in [1.82, 2.24) is 9.55 Å². The summed E-state index contributed by atoms with van der Waals surface area (Å²) in [5.74, 6) is 0.0169. The number of benzene rings is 1. The standard InChI is InChI=1S/C22H25ClN2O4S/c1-6-29-21(27)22(3,4)25-16(11-12-28-5)24-19-18(20(25)26)17(13(2)30-19)14-7-9-15(23)10-8-14/h7-10H,6,11-12H2,1-5H3. The van der Waals surface area contributed by atoms with Crippen molar-refractivity contribution in [3.05, 3.63) is 50.3 Å². The second kappa shape index (κ2) is 8.88. The molecule has 0 bridgehead atoms. The molecule has 0 aliphatic heterocycles. The molecule has 0 unspecified atom stereocenters. The van der Waals surface area contributed by atoms with Crippen LogP contribution in [0, 0.1) is 6.92 Å². The van der Waals surface area contributed by atoms with Crippen molar-refractivity contribution in [2.24, 2.45) is 0 Å². The molecule has 0 saturated heterocycles. The first-order valence-corrected chi connectivity index (χ1v) is 10.9. The summed E-state index contributed by atoms with van der Waals surface area (Å²) in [4.78, 5) is 32.9. The van der Waals surface area contributed by atoms with E-state index >= 15 is 0 Å². The zero-order valence-corrected chi connectivity index (χ0v) is 19.3. The Hall–Kier alpha value is -2.22. The van der Waals surface area contributed by atoms with E-state index in [4.69, 9.17) is 26.1 Å². The maximum atomic E-state index is 13.8. The summed E-state index contributed by atoms with van der Waals surface area (Å²) in [6.45, 7) is 7.67. The number of rotatable bonds is 7. The number of methoxy groups -OCH3 is 1. The van der Waals surface area contributed by atoms with E-state index in [0.717, 1.165) is 16.0 Å². The Balaban J connectivity index is 2.34. The Morgan fingerprint density at radius 2 is 1.93 bits per heavy atom. The number of hydrogen-bond acceptors (Lipinski definition) is 6. The molecular weight excluding hydrogens is 424 g/mol. The summed E-state index contributed by atoms with van der Waals surface area (Å²) in [5.41, 5.74) is 0.214. The van der Waals surface area contributed by atoms with Crippen LogP contribution in [0.25, 0.3) is 21.3 Å². The van der Waals surface area contributed by atoms with E-state index < -0.39 is 11.5 Å². The van der Waals surface area contributed by atoms with Gasteiger partial charge in [0.15, 0.2) is 0 Å². The highest BCUT2D eigenvalue weighted by Crippen LogP contribution is 2.37. The van der Waals surface area contributed by atoms with Gasteiger partial charge in [-0.15, -0.1) is 11.3 Å². The second-order valence-corrected chi connectivity index (χ2v) is 9.05. The molecule has 160 valence electrons. The zero-order chi connectivity index (χ0) is 22.1. The Morgan fingerprint density at radius 1 is 1.27 bits per heavy atom. The van der Waals surface area contributed by atoms with Crippen LogP contribution in [0.4, 0.5) is 0 Å². The molecule has 0 radical (unpaired) electrons. The first-order chi connectivity index (χ1) is 14.2. The average Bonchev–Trinajstić information content (AvgIpc) is 3.03. The highest BCUT2D eigenvalue weighted by molar-refractivity contribution is 7.19. The molecule has 3 rings (SSSR count). The third kappa shape index (κ3) is 4.02. The second-order valence-electron chi connectivity index (χ2n) is 7.41. The number of hydrogen-bond donors (Lipinski definition) is 0. The summed E-state index contributed by atoms with van der Waals surface area (Å²) in [6, 6.07) is 7.36. The molecule has 0 amide bonds. The van der Waals surface area contributed by atoms with Gasteiger partial charge in [-0.05, 0) is 45.4 Å². The normalized spacial score (nSPS) is 11.8. The minimum Gasteiger partial charge on any atom is -0.464 e. The van der Waals surface area contributed by atoms with E-state index in [2.05, 4.69) is 0 Å². The highest BCUT2D eigenvalue weighted by Gasteiger charge is 2.36. The van der Waals surface area contributed by atoms with E-state index in [1.807, 2.05) is 19.1 Å². The van der Waals surface area contributed by atoms with E-state index in [-0.39, 0.29) is 12.2 Å². The maximum Gasteiger partial charge on any atom is 0.331 e. The van der Waals surface area contributed by atoms with Crippen LogP contribution in [0.5, 0.6) is 0 Å². The number of nitrogens with zero attached hydrogens (tertiary/aromatic N) is 2. The lowest BCUT2D eigenvalue weighted by atomic mass is 10.0. The number of aryl methyl sites for hydroxylation is 1. The molecule has 0 saturated carbocycles. The Labute approximate surface area is 184 Å². The first kappa shape index (κ1) is 22.5. The lowest BCUT2D eigenvalue weighted by molar-refractivity contribution is -0.152. The lowest BCUT2D eigenvalue weighted by Crippen LogP contribution is -2.46. The van der Waals surface area contributed by atoms with Gasteiger partial charge >= 0.3 is 5.97 Å². The van der Waals surface area contributed by atoms with Crippen molar-refractivity contribution in [2.45, 2.75) is 39.7 Å². The van der Waals surface area contributed by atoms with Crippen LogP contribution in [0.2, 0.25) is 5.02 Å². The molecule has 1 aromatic carbocycles. The zero-order valence-electron chi connectivity index (χ0n) is 17.7. The molecule has 0 atom stereocenters. The predicted molar refractivity (Wildman–Crippen MR) is 121 cm³/mol. The monoisotopic (exact) mass is 448 g/mol. The quantitative estimate of drug-likeness (QED) is 0.495. The van der Waals surface area contributed by atoms with Crippen molar-refractivity contribution >= 4 is 39.1 Å². The van der Waals surface area contributed by atoms with E-state index in [0.29, 0.717) is 34.1 Å². The third-order valence-electron chi connectivity index (χ3n) is 4.97. The maximum absolute atomic E-state index is 13.8. The van der Waals surface area contributed by atoms with Crippen LogP contribution in [0.3, 0.4) is 0 Å². The van der Waals surface area contributed by atoms with Crippen LogP contribution in [0.15, 0.2) is 29.1 Å². The minimum absolute atomic E-state index is 0.230. The van der Waals surface area contributed by atoms with Gasteiger partial charge in [-0.1, -0.05) is 23.7 Å². The Bertz CT molecular complexity index is 1130. The largest absolute Gasteiger partial charge is 0.464 e. The van der Waals surface area contributed by atoms with Gasteiger partial charge in [0.1, 0.15) is 16.2 Å². The molecule has 8 heteroatoms. The fourth-order valence-electron chi connectivity index (χ4n) is 3.50. The Morgan fingerprint density at radius 3 is 2.53 bits per heavy atom. The fourth-order valence-corrected chi connectivity index (χ4v) is 4.68. The number of fused-ring (bicyclic) bond motifs is 1. The van der Waals surface area contributed by atoms with Crippen molar-refractivity contribution in [3.63, 3.8) is 0 Å². The van der Waals surface area contributed by atoms with Crippen LogP contribution in [-0.4, -0.2) is 35.8 Å². The number of carbonyl (C=O) groups is 1. The third-order valence-corrected chi connectivity index (χ3v) is 6.22. The lowest BCUT2D eigenvalue weighted by Gasteiger charge is -2.27.